The first-order valence-corrected chi connectivity index (χ1v) is 9.81. The zero-order chi connectivity index (χ0) is 15.4. The van der Waals surface area contributed by atoms with Crippen LogP contribution in [0.15, 0.2) is 24.3 Å². The van der Waals surface area contributed by atoms with Crippen molar-refractivity contribution in [2.24, 2.45) is 0 Å². The van der Waals surface area contributed by atoms with Crippen molar-refractivity contribution >= 4 is 31.9 Å². The lowest BCUT2D eigenvalue weighted by molar-refractivity contribution is -0.131. The number of halogens is 2. The highest BCUT2D eigenvalue weighted by Crippen LogP contribution is 1.97. The summed E-state index contributed by atoms with van der Waals surface area (Å²) < 4.78 is 15.9. The first kappa shape index (κ1) is 21.3. The average Bonchev–Trinajstić information content (AvgIpc) is 2.50. The quantitative estimate of drug-likeness (QED) is 0.147. The van der Waals surface area contributed by atoms with Gasteiger partial charge >= 0.3 is 0 Å². The van der Waals surface area contributed by atoms with Crippen molar-refractivity contribution in [2.75, 3.05) is 37.5 Å². The predicted molar refractivity (Wildman–Crippen MR) is 96.3 cm³/mol. The normalized spacial score (nSPS) is 11.9. The fourth-order valence-corrected chi connectivity index (χ4v) is 2.00. The van der Waals surface area contributed by atoms with Gasteiger partial charge in [-0.25, -0.2) is 0 Å². The van der Waals surface area contributed by atoms with Gasteiger partial charge in [0.1, 0.15) is 13.6 Å². The molecule has 0 aromatic carbocycles. The van der Waals surface area contributed by atoms with E-state index in [0.29, 0.717) is 13.6 Å². The van der Waals surface area contributed by atoms with Gasteiger partial charge in [-0.1, -0.05) is 56.2 Å². The van der Waals surface area contributed by atoms with Gasteiger partial charge in [-0.15, -0.1) is 0 Å². The van der Waals surface area contributed by atoms with Crippen LogP contribution < -0.4 is 0 Å². The van der Waals surface area contributed by atoms with E-state index < -0.39 is 0 Å². The minimum absolute atomic E-state index is 0.316. The molecule has 0 aromatic rings. The van der Waals surface area contributed by atoms with Gasteiger partial charge in [-0.05, 0) is 38.5 Å². The summed E-state index contributed by atoms with van der Waals surface area (Å²) in [5, 5.41) is 2.06. The third kappa shape index (κ3) is 20.3. The van der Waals surface area contributed by atoms with Crippen molar-refractivity contribution in [1.29, 1.82) is 0 Å². The summed E-state index contributed by atoms with van der Waals surface area (Å²) in [5.74, 6) is 0. The highest BCUT2D eigenvalue weighted by Gasteiger charge is 1.90. The third-order valence-electron chi connectivity index (χ3n) is 2.54. The van der Waals surface area contributed by atoms with Gasteiger partial charge in [0.05, 0.1) is 0 Å². The second kappa shape index (κ2) is 20.3. The van der Waals surface area contributed by atoms with Crippen LogP contribution in [-0.2, 0) is 14.2 Å². The second-order valence-corrected chi connectivity index (χ2v) is 6.02. The van der Waals surface area contributed by atoms with E-state index in [-0.39, 0.29) is 0 Å². The van der Waals surface area contributed by atoms with Crippen LogP contribution in [0.3, 0.4) is 0 Å². The van der Waals surface area contributed by atoms with Crippen LogP contribution in [-0.4, -0.2) is 37.5 Å². The summed E-state index contributed by atoms with van der Waals surface area (Å²) in [6.07, 6.45) is 15.1. The first-order valence-electron chi connectivity index (χ1n) is 7.57. The molecule has 5 heteroatoms. The lowest BCUT2D eigenvalue weighted by Crippen LogP contribution is -2.06. The molecule has 124 valence electrons. The predicted octanol–water partition coefficient (Wildman–Crippen LogP) is 5.19. The van der Waals surface area contributed by atoms with E-state index in [1.165, 1.54) is 0 Å². The maximum absolute atomic E-state index is 5.35. The molecule has 0 N–H and O–H groups in total. The zero-order valence-corrected chi connectivity index (χ0v) is 15.9. The van der Waals surface area contributed by atoms with Gasteiger partial charge in [-0.3, -0.25) is 0 Å². The summed E-state index contributed by atoms with van der Waals surface area (Å²) in [7, 11) is 0. The Morgan fingerprint density at radius 1 is 0.571 bits per heavy atom. The molecular weight excluding hydrogens is 400 g/mol. The zero-order valence-electron chi connectivity index (χ0n) is 12.8. The van der Waals surface area contributed by atoms with Gasteiger partial charge in [0.15, 0.2) is 0 Å². The van der Waals surface area contributed by atoms with E-state index in [2.05, 4.69) is 56.2 Å². The molecule has 21 heavy (non-hydrogen) atoms. The minimum atomic E-state index is 0.316. The number of hydrogen-bond donors (Lipinski definition) is 0. The molecule has 0 aromatic heterocycles. The fourth-order valence-electron chi connectivity index (χ4n) is 1.47. The van der Waals surface area contributed by atoms with Crippen molar-refractivity contribution in [2.45, 2.75) is 38.5 Å². The molecule has 0 fully saturated rings. The molecule has 0 radical (unpaired) electrons. The van der Waals surface area contributed by atoms with Gasteiger partial charge in [0.2, 0.25) is 0 Å². The van der Waals surface area contributed by atoms with Crippen molar-refractivity contribution in [3.63, 3.8) is 0 Å². The van der Waals surface area contributed by atoms with Crippen LogP contribution in [0.5, 0.6) is 0 Å². The van der Waals surface area contributed by atoms with Gasteiger partial charge in [-0.2, -0.15) is 0 Å². The smallest absolute Gasteiger partial charge is 0.149 e. The Bertz CT molecular complexity index is 222. The molecule has 0 spiro atoms. The highest BCUT2D eigenvalue weighted by atomic mass is 79.9. The molecular formula is C16H28Br2O3. The van der Waals surface area contributed by atoms with Gasteiger partial charge < -0.3 is 14.2 Å². The Balaban J connectivity index is 3.02. The number of allylic oxidation sites excluding steroid dienone is 4. The topological polar surface area (TPSA) is 27.7 Å². The average molecular weight is 428 g/mol. The number of rotatable bonds is 16. The van der Waals surface area contributed by atoms with Crippen molar-refractivity contribution < 1.29 is 14.2 Å². The molecule has 0 aliphatic carbocycles. The third-order valence-corrected chi connectivity index (χ3v) is 3.45. The summed E-state index contributed by atoms with van der Waals surface area (Å²) >= 11 is 6.78. The number of hydrogen-bond acceptors (Lipinski definition) is 3. The van der Waals surface area contributed by atoms with Crippen LogP contribution in [0.4, 0.5) is 0 Å². The van der Waals surface area contributed by atoms with E-state index in [9.17, 15) is 0 Å². The van der Waals surface area contributed by atoms with Crippen LogP contribution in [0.1, 0.15) is 38.5 Å². The van der Waals surface area contributed by atoms with Crippen LogP contribution in [0.2, 0.25) is 0 Å². The monoisotopic (exact) mass is 426 g/mol. The molecule has 0 rings (SSSR count). The summed E-state index contributed by atoms with van der Waals surface area (Å²) in [5.41, 5.74) is 0. The maximum atomic E-state index is 5.35. The van der Waals surface area contributed by atoms with Crippen LogP contribution in [0, 0.1) is 0 Å². The van der Waals surface area contributed by atoms with E-state index in [1.54, 1.807) is 0 Å². The van der Waals surface area contributed by atoms with Crippen molar-refractivity contribution in [3.8, 4) is 0 Å². The van der Waals surface area contributed by atoms with Crippen molar-refractivity contribution in [3.05, 3.63) is 24.3 Å². The lowest BCUT2D eigenvalue weighted by Gasteiger charge is -2.06. The van der Waals surface area contributed by atoms with Gasteiger partial charge in [0.25, 0.3) is 0 Å². The standard InChI is InChI=1S/C16H28Br2O3/c17-11-7-3-1-5-9-13-19-15-21-16-20-14-10-6-2-4-8-12-18/h1-4H,5-16H2. The molecule has 0 amide bonds. The highest BCUT2D eigenvalue weighted by molar-refractivity contribution is 9.09. The SMILES string of the molecule is BrCCC=CCCCOCOCOCCCC=CCCBr. The second-order valence-electron chi connectivity index (χ2n) is 4.44. The number of alkyl halides is 2. The van der Waals surface area contributed by atoms with E-state index in [1.807, 2.05) is 0 Å². The maximum Gasteiger partial charge on any atom is 0.149 e. The molecule has 0 saturated carbocycles. The molecule has 0 aliphatic rings. The molecule has 3 nitrogen and oxygen atoms in total. The fraction of sp³-hybridized carbons (Fsp3) is 0.750. The molecule has 0 bridgehead atoms. The Hall–Kier alpha value is 0.320. The van der Waals surface area contributed by atoms with E-state index in [4.69, 9.17) is 14.2 Å². The first-order chi connectivity index (χ1) is 10.4. The van der Waals surface area contributed by atoms with E-state index in [0.717, 1.165) is 62.4 Å². The largest absolute Gasteiger partial charge is 0.355 e. The van der Waals surface area contributed by atoms with E-state index >= 15 is 0 Å². The van der Waals surface area contributed by atoms with Crippen LogP contribution >= 0.6 is 31.9 Å². The summed E-state index contributed by atoms with van der Waals surface area (Å²) in [4.78, 5) is 0. The molecule has 0 saturated heterocycles. The van der Waals surface area contributed by atoms with Crippen LogP contribution in [0.25, 0.3) is 0 Å². The Morgan fingerprint density at radius 3 is 1.43 bits per heavy atom. The molecule has 0 unspecified atom stereocenters. The lowest BCUT2D eigenvalue weighted by atomic mass is 10.3. The molecule has 0 aliphatic heterocycles. The number of unbranched alkanes of at least 4 members (excludes halogenated alkanes) is 2. The summed E-state index contributed by atoms with van der Waals surface area (Å²) in [6, 6.07) is 0. The molecule has 0 heterocycles. The Kier molecular flexibility index (Phi) is 20.6. The Morgan fingerprint density at radius 2 is 1.00 bits per heavy atom. The minimum Gasteiger partial charge on any atom is -0.355 e. The Labute approximate surface area is 146 Å². The number of ether oxygens (including phenoxy) is 3. The molecule has 0 atom stereocenters. The summed E-state index contributed by atoms with van der Waals surface area (Å²) in [6.45, 7) is 2.10. The van der Waals surface area contributed by atoms with Crippen molar-refractivity contribution in [1.82, 2.24) is 0 Å². The van der Waals surface area contributed by atoms with Gasteiger partial charge in [0, 0.05) is 23.9 Å².